The molecule has 7 heteroatoms. The van der Waals surface area contributed by atoms with E-state index in [2.05, 4.69) is 19.2 Å². The molecule has 1 amide bonds. The predicted octanol–water partition coefficient (Wildman–Crippen LogP) is 3.08. The first-order valence-electron chi connectivity index (χ1n) is 9.20. The number of amides is 1. The summed E-state index contributed by atoms with van der Waals surface area (Å²) in [5.41, 5.74) is 2.72. The van der Waals surface area contributed by atoms with E-state index in [4.69, 9.17) is 4.74 Å². The Hall–Kier alpha value is -2.54. The van der Waals surface area contributed by atoms with Crippen LogP contribution in [0.4, 0.5) is 5.69 Å². The second-order valence-electron chi connectivity index (χ2n) is 7.03. The number of aryl methyl sites for hydroxylation is 1. The molecule has 1 N–H and O–H groups in total. The summed E-state index contributed by atoms with van der Waals surface area (Å²) in [6, 6.07) is 14.8. The summed E-state index contributed by atoms with van der Waals surface area (Å²) in [7, 11) is -3.58. The molecule has 0 fully saturated rings. The maximum atomic E-state index is 12.2. The van der Waals surface area contributed by atoms with E-state index < -0.39 is 10.0 Å². The molecule has 0 spiro atoms. The lowest BCUT2D eigenvalue weighted by molar-refractivity contribution is -0.119. The molecule has 0 saturated heterocycles. The number of carbonyl (C=O) groups is 1. The fourth-order valence-corrected chi connectivity index (χ4v) is 3.46. The van der Waals surface area contributed by atoms with E-state index in [0.29, 0.717) is 18.2 Å². The first-order valence-corrected chi connectivity index (χ1v) is 11.1. The van der Waals surface area contributed by atoms with Gasteiger partial charge in [0, 0.05) is 0 Å². The molecule has 2 rings (SSSR count). The van der Waals surface area contributed by atoms with Crippen LogP contribution in [0.1, 0.15) is 30.9 Å². The van der Waals surface area contributed by atoms with E-state index in [1.165, 1.54) is 0 Å². The van der Waals surface area contributed by atoms with Crippen LogP contribution < -0.4 is 14.4 Å². The lowest BCUT2D eigenvalue weighted by atomic mass is 10.0. The molecule has 28 heavy (non-hydrogen) atoms. The molecule has 0 heterocycles. The second kappa shape index (κ2) is 9.59. The molecule has 0 aromatic heterocycles. The molecule has 0 unspecified atom stereocenters. The van der Waals surface area contributed by atoms with E-state index in [0.717, 1.165) is 27.4 Å². The molecule has 0 radical (unpaired) electrons. The zero-order valence-corrected chi connectivity index (χ0v) is 17.6. The third-order valence-electron chi connectivity index (χ3n) is 4.25. The molecular formula is C21H28N2O4S. The van der Waals surface area contributed by atoms with Crippen molar-refractivity contribution in [2.75, 3.05) is 30.3 Å². The molecule has 0 aliphatic carbocycles. The summed E-state index contributed by atoms with van der Waals surface area (Å²) in [5.74, 6) is 0.686. The minimum Gasteiger partial charge on any atom is -0.492 e. The summed E-state index contributed by atoms with van der Waals surface area (Å²) in [6.45, 7) is 6.44. The van der Waals surface area contributed by atoms with Crippen LogP contribution in [0.25, 0.3) is 0 Å². The number of nitrogens with zero attached hydrogens (tertiary/aromatic N) is 1. The summed E-state index contributed by atoms with van der Waals surface area (Å²) in [4.78, 5) is 12.2. The first-order chi connectivity index (χ1) is 13.2. The number of anilines is 1. The summed E-state index contributed by atoms with van der Waals surface area (Å²) < 4.78 is 31.0. The van der Waals surface area contributed by atoms with Gasteiger partial charge in [-0.25, -0.2) is 8.42 Å². The maximum absolute atomic E-state index is 12.2. The van der Waals surface area contributed by atoms with Gasteiger partial charge >= 0.3 is 0 Å². The fraction of sp³-hybridized carbons (Fsp3) is 0.381. The highest BCUT2D eigenvalue weighted by Gasteiger charge is 2.20. The van der Waals surface area contributed by atoms with E-state index in [1.54, 1.807) is 12.1 Å². The number of carbonyl (C=O) groups excluding carboxylic acids is 1. The van der Waals surface area contributed by atoms with Crippen molar-refractivity contribution < 1.29 is 17.9 Å². The van der Waals surface area contributed by atoms with Gasteiger partial charge < -0.3 is 10.1 Å². The van der Waals surface area contributed by atoms with Crippen molar-refractivity contribution in [3.8, 4) is 5.75 Å². The zero-order chi connectivity index (χ0) is 20.7. The SMILES string of the molecule is Cc1ccc(OCCNC(=O)CN(c2ccc(C(C)C)cc2)S(C)(=O)=O)cc1. The van der Waals surface area contributed by atoms with E-state index >= 15 is 0 Å². The van der Waals surface area contributed by atoms with Gasteiger partial charge in [0.15, 0.2) is 0 Å². The van der Waals surface area contributed by atoms with Crippen molar-refractivity contribution in [3.05, 3.63) is 59.7 Å². The van der Waals surface area contributed by atoms with E-state index in [-0.39, 0.29) is 19.0 Å². The predicted molar refractivity (Wildman–Crippen MR) is 112 cm³/mol. The minimum absolute atomic E-state index is 0.273. The zero-order valence-electron chi connectivity index (χ0n) is 16.8. The third-order valence-corrected chi connectivity index (χ3v) is 5.39. The van der Waals surface area contributed by atoms with E-state index in [9.17, 15) is 13.2 Å². The van der Waals surface area contributed by atoms with Crippen LogP contribution in [0.15, 0.2) is 48.5 Å². The number of rotatable bonds is 9. The molecule has 152 valence electrons. The Balaban J connectivity index is 1.91. The topological polar surface area (TPSA) is 75.7 Å². The number of benzene rings is 2. The summed E-state index contributed by atoms with van der Waals surface area (Å²) in [6.07, 6.45) is 1.09. The first kappa shape index (κ1) is 21.8. The Labute approximate surface area is 167 Å². The van der Waals surface area contributed by atoms with Crippen LogP contribution in [-0.4, -0.2) is 40.3 Å². The average Bonchev–Trinajstić information content (AvgIpc) is 2.64. The van der Waals surface area contributed by atoms with Gasteiger partial charge in [-0.3, -0.25) is 9.10 Å². The van der Waals surface area contributed by atoms with Gasteiger partial charge in [-0.1, -0.05) is 43.7 Å². The van der Waals surface area contributed by atoms with Crippen LogP contribution in [-0.2, 0) is 14.8 Å². The van der Waals surface area contributed by atoms with Gasteiger partial charge in [0.05, 0.1) is 18.5 Å². The Bertz CT molecular complexity index is 876. The van der Waals surface area contributed by atoms with Gasteiger partial charge in [0.25, 0.3) is 0 Å². The second-order valence-corrected chi connectivity index (χ2v) is 8.93. The van der Waals surface area contributed by atoms with Gasteiger partial charge in [-0.05, 0) is 42.7 Å². The molecule has 0 bridgehead atoms. The fourth-order valence-electron chi connectivity index (χ4n) is 2.61. The molecule has 2 aromatic rings. The highest BCUT2D eigenvalue weighted by molar-refractivity contribution is 7.92. The van der Waals surface area contributed by atoms with Crippen molar-refractivity contribution in [1.82, 2.24) is 5.32 Å². The van der Waals surface area contributed by atoms with Crippen LogP contribution in [0.5, 0.6) is 5.75 Å². The van der Waals surface area contributed by atoms with Crippen LogP contribution in [0, 0.1) is 6.92 Å². The summed E-state index contributed by atoms with van der Waals surface area (Å²) >= 11 is 0. The minimum atomic E-state index is -3.58. The standard InChI is InChI=1S/C21H28N2O4S/c1-16(2)18-7-9-19(10-8-18)23(28(4,25)26)15-21(24)22-13-14-27-20-11-5-17(3)6-12-20/h5-12,16H,13-15H2,1-4H3,(H,22,24). The Morgan fingerprint density at radius 1 is 1.07 bits per heavy atom. The monoisotopic (exact) mass is 404 g/mol. The van der Waals surface area contributed by atoms with Crippen molar-refractivity contribution in [1.29, 1.82) is 0 Å². The average molecular weight is 405 g/mol. The quantitative estimate of drug-likeness (QED) is 0.652. The number of ether oxygens (including phenoxy) is 1. The Morgan fingerprint density at radius 2 is 1.68 bits per heavy atom. The van der Waals surface area contributed by atoms with E-state index in [1.807, 2.05) is 43.3 Å². The lowest BCUT2D eigenvalue weighted by Crippen LogP contribution is -2.41. The largest absolute Gasteiger partial charge is 0.492 e. The number of sulfonamides is 1. The lowest BCUT2D eigenvalue weighted by Gasteiger charge is -2.22. The normalized spacial score (nSPS) is 11.3. The molecular weight excluding hydrogens is 376 g/mol. The van der Waals surface area contributed by atoms with Crippen LogP contribution in [0.2, 0.25) is 0 Å². The third kappa shape index (κ3) is 6.56. The van der Waals surface area contributed by atoms with Crippen molar-refractivity contribution in [2.24, 2.45) is 0 Å². The molecule has 0 atom stereocenters. The smallest absolute Gasteiger partial charge is 0.240 e. The molecule has 0 aliphatic rings. The number of hydrogen-bond donors (Lipinski definition) is 1. The maximum Gasteiger partial charge on any atom is 0.240 e. The Morgan fingerprint density at radius 3 is 2.21 bits per heavy atom. The highest BCUT2D eigenvalue weighted by Crippen LogP contribution is 2.21. The molecule has 2 aromatic carbocycles. The number of hydrogen-bond acceptors (Lipinski definition) is 4. The van der Waals surface area contributed by atoms with Gasteiger partial charge in [0.1, 0.15) is 18.9 Å². The molecule has 0 aliphatic heterocycles. The van der Waals surface area contributed by atoms with Gasteiger partial charge in [-0.2, -0.15) is 0 Å². The molecule has 6 nitrogen and oxygen atoms in total. The molecule has 0 saturated carbocycles. The van der Waals surface area contributed by atoms with Crippen molar-refractivity contribution in [3.63, 3.8) is 0 Å². The van der Waals surface area contributed by atoms with Crippen LogP contribution >= 0.6 is 0 Å². The Kier molecular flexibility index (Phi) is 7.45. The van der Waals surface area contributed by atoms with Crippen LogP contribution in [0.3, 0.4) is 0 Å². The van der Waals surface area contributed by atoms with Crippen molar-refractivity contribution >= 4 is 21.6 Å². The highest BCUT2D eigenvalue weighted by atomic mass is 32.2. The van der Waals surface area contributed by atoms with Crippen molar-refractivity contribution in [2.45, 2.75) is 26.7 Å². The van der Waals surface area contributed by atoms with Gasteiger partial charge in [-0.15, -0.1) is 0 Å². The number of nitrogens with one attached hydrogen (secondary N) is 1. The van der Waals surface area contributed by atoms with Gasteiger partial charge in [0.2, 0.25) is 15.9 Å². The summed E-state index contributed by atoms with van der Waals surface area (Å²) in [5, 5.41) is 2.70.